The van der Waals surface area contributed by atoms with Crippen molar-refractivity contribution in [2.24, 2.45) is 0 Å². The number of nitrogens with one attached hydrogen (secondary N) is 1. The van der Waals surface area contributed by atoms with Crippen LogP contribution in [-0.2, 0) is 24.2 Å². The van der Waals surface area contributed by atoms with Gasteiger partial charge in [-0.1, -0.05) is 35.9 Å². The van der Waals surface area contributed by atoms with Gasteiger partial charge in [0.25, 0.3) is 0 Å². The number of Topliss-reactive ketones (excluding diaryl/α,β-unsaturated/α-hetero) is 1. The molecule has 1 aliphatic rings. The van der Waals surface area contributed by atoms with Gasteiger partial charge in [-0.3, -0.25) is 4.79 Å². The second kappa shape index (κ2) is 5.45. The van der Waals surface area contributed by atoms with Gasteiger partial charge in [0.2, 0.25) is 0 Å². The number of benzene rings is 1. The molecule has 0 saturated carbocycles. The second-order valence-corrected chi connectivity index (χ2v) is 6.55. The van der Waals surface area contributed by atoms with Crippen molar-refractivity contribution in [2.75, 3.05) is 0 Å². The van der Waals surface area contributed by atoms with E-state index in [2.05, 4.69) is 17.4 Å². The normalized spacial score (nSPS) is 18.1. The van der Waals surface area contributed by atoms with Crippen molar-refractivity contribution in [1.29, 1.82) is 0 Å². The summed E-state index contributed by atoms with van der Waals surface area (Å²) in [4.78, 5) is 13.3. The van der Waals surface area contributed by atoms with Gasteiger partial charge in [-0.15, -0.1) is 11.3 Å². The average molecular weight is 292 g/mol. The molecule has 1 atom stereocenters. The molecule has 1 N–H and O–H groups in total. The fourth-order valence-electron chi connectivity index (χ4n) is 2.42. The fourth-order valence-corrected chi connectivity index (χ4v) is 3.52. The van der Waals surface area contributed by atoms with Gasteiger partial charge < -0.3 is 5.32 Å². The number of thiophene rings is 1. The summed E-state index contributed by atoms with van der Waals surface area (Å²) in [6.07, 6.45) is 1.26. The minimum atomic E-state index is -0.0734. The van der Waals surface area contributed by atoms with Gasteiger partial charge in [-0.25, -0.2) is 0 Å². The Balaban J connectivity index is 1.69. The third kappa shape index (κ3) is 2.89. The molecule has 3 rings (SSSR count). The van der Waals surface area contributed by atoms with E-state index in [0.29, 0.717) is 6.42 Å². The Morgan fingerprint density at radius 2 is 2.05 bits per heavy atom. The number of fused-ring (bicyclic) bond motifs is 1. The van der Waals surface area contributed by atoms with Gasteiger partial charge in [0.1, 0.15) is 0 Å². The number of halogens is 1. The first-order valence-electron chi connectivity index (χ1n) is 6.29. The van der Waals surface area contributed by atoms with E-state index in [4.69, 9.17) is 11.6 Å². The zero-order valence-corrected chi connectivity index (χ0v) is 11.9. The summed E-state index contributed by atoms with van der Waals surface area (Å²) in [7, 11) is 0. The third-order valence-electron chi connectivity index (χ3n) is 3.45. The zero-order valence-electron chi connectivity index (χ0n) is 10.4. The summed E-state index contributed by atoms with van der Waals surface area (Å²) < 4.78 is 0.741. The van der Waals surface area contributed by atoms with Gasteiger partial charge in [-0.05, 0) is 29.7 Å². The minimum absolute atomic E-state index is 0.0734. The number of carbonyl (C=O) groups excluding carboxylic acids is 1. The smallest absolute Gasteiger partial charge is 0.155 e. The standard InChI is InChI=1S/C15H14ClNOS/c16-15-6-5-12(19-15)8-14(18)13-7-10-3-1-2-4-11(10)9-17-13/h1-6,13,17H,7-9H2. The van der Waals surface area contributed by atoms with Gasteiger partial charge in [0, 0.05) is 17.8 Å². The van der Waals surface area contributed by atoms with Crippen molar-refractivity contribution >= 4 is 28.7 Å². The SMILES string of the molecule is O=C(Cc1ccc(Cl)s1)C1Cc2ccccc2CN1. The van der Waals surface area contributed by atoms with Crippen LogP contribution in [0.25, 0.3) is 0 Å². The molecule has 19 heavy (non-hydrogen) atoms. The van der Waals surface area contributed by atoms with Crippen LogP contribution in [0.5, 0.6) is 0 Å². The topological polar surface area (TPSA) is 29.1 Å². The lowest BCUT2D eigenvalue weighted by molar-refractivity contribution is -0.120. The van der Waals surface area contributed by atoms with Crippen LogP contribution < -0.4 is 5.32 Å². The Bertz CT molecular complexity index is 608. The van der Waals surface area contributed by atoms with E-state index in [1.165, 1.54) is 22.5 Å². The molecule has 0 bridgehead atoms. The second-order valence-electron chi connectivity index (χ2n) is 4.76. The van der Waals surface area contributed by atoms with Gasteiger partial charge >= 0.3 is 0 Å². The van der Waals surface area contributed by atoms with E-state index in [1.54, 1.807) is 0 Å². The Morgan fingerprint density at radius 3 is 2.79 bits per heavy atom. The molecular formula is C15H14ClNOS. The highest BCUT2D eigenvalue weighted by atomic mass is 35.5. The summed E-state index contributed by atoms with van der Waals surface area (Å²) in [5.74, 6) is 0.244. The highest BCUT2D eigenvalue weighted by molar-refractivity contribution is 7.16. The largest absolute Gasteiger partial charge is 0.303 e. The maximum atomic E-state index is 12.3. The molecule has 0 fully saturated rings. The lowest BCUT2D eigenvalue weighted by atomic mass is 9.92. The molecule has 98 valence electrons. The maximum Gasteiger partial charge on any atom is 0.155 e. The van der Waals surface area contributed by atoms with Gasteiger partial charge in [0.15, 0.2) is 5.78 Å². The van der Waals surface area contributed by atoms with E-state index >= 15 is 0 Å². The predicted octanol–water partition coefficient (Wildman–Crippen LogP) is 3.23. The fraction of sp³-hybridized carbons (Fsp3) is 0.267. The molecule has 1 aliphatic heterocycles. The minimum Gasteiger partial charge on any atom is -0.303 e. The predicted molar refractivity (Wildman–Crippen MR) is 78.8 cm³/mol. The van der Waals surface area contributed by atoms with Crippen LogP contribution in [0.1, 0.15) is 16.0 Å². The number of rotatable bonds is 3. The average Bonchev–Trinajstić information content (AvgIpc) is 2.83. The van der Waals surface area contributed by atoms with Gasteiger partial charge in [0.05, 0.1) is 10.4 Å². The van der Waals surface area contributed by atoms with Crippen molar-refractivity contribution in [1.82, 2.24) is 5.32 Å². The Labute approximate surface area is 121 Å². The van der Waals surface area contributed by atoms with E-state index in [0.717, 1.165) is 22.2 Å². The van der Waals surface area contributed by atoms with Crippen LogP contribution in [0.3, 0.4) is 0 Å². The molecule has 2 aromatic rings. The van der Waals surface area contributed by atoms with Crippen LogP contribution in [0.4, 0.5) is 0 Å². The molecule has 0 saturated heterocycles. The van der Waals surface area contributed by atoms with E-state index in [-0.39, 0.29) is 11.8 Å². The molecule has 4 heteroatoms. The molecule has 1 unspecified atom stereocenters. The van der Waals surface area contributed by atoms with Crippen LogP contribution in [0.2, 0.25) is 4.34 Å². The zero-order chi connectivity index (χ0) is 13.2. The van der Waals surface area contributed by atoms with Crippen molar-refractivity contribution in [2.45, 2.75) is 25.4 Å². The van der Waals surface area contributed by atoms with Crippen LogP contribution in [-0.4, -0.2) is 11.8 Å². The van der Waals surface area contributed by atoms with Crippen molar-refractivity contribution < 1.29 is 4.79 Å². The van der Waals surface area contributed by atoms with Crippen LogP contribution >= 0.6 is 22.9 Å². The molecule has 2 heterocycles. The lowest BCUT2D eigenvalue weighted by Crippen LogP contribution is -2.42. The highest BCUT2D eigenvalue weighted by Gasteiger charge is 2.23. The van der Waals surface area contributed by atoms with Crippen molar-refractivity contribution in [3.8, 4) is 0 Å². The quantitative estimate of drug-likeness (QED) is 0.941. The summed E-state index contributed by atoms with van der Waals surface area (Å²) in [6, 6.07) is 12.0. The Morgan fingerprint density at radius 1 is 1.26 bits per heavy atom. The number of carbonyl (C=O) groups is 1. The first-order valence-corrected chi connectivity index (χ1v) is 7.49. The van der Waals surface area contributed by atoms with E-state index < -0.39 is 0 Å². The van der Waals surface area contributed by atoms with Crippen LogP contribution in [0.15, 0.2) is 36.4 Å². The summed E-state index contributed by atoms with van der Waals surface area (Å²) in [5.41, 5.74) is 2.58. The Hall–Kier alpha value is -1.16. The number of hydrogen-bond acceptors (Lipinski definition) is 3. The number of hydrogen-bond donors (Lipinski definition) is 1. The van der Waals surface area contributed by atoms with Crippen molar-refractivity contribution in [3.63, 3.8) is 0 Å². The summed E-state index contributed by atoms with van der Waals surface area (Å²) in [6.45, 7) is 0.776. The highest BCUT2D eigenvalue weighted by Crippen LogP contribution is 2.23. The molecule has 1 aromatic heterocycles. The van der Waals surface area contributed by atoms with Crippen molar-refractivity contribution in [3.05, 3.63) is 56.7 Å². The monoisotopic (exact) mass is 291 g/mol. The Kier molecular flexibility index (Phi) is 3.69. The maximum absolute atomic E-state index is 12.3. The van der Waals surface area contributed by atoms with Gasteiger partial charge in [-0.2, -0.15) is 0 Å². The third-order valence-corrected chi connectivity index (χ3v) is 4.68. The molecule has 2 nitrogen and oxygen atoms in total. The van der Waals surface area contributed by atoms with E-state index in [1.807, 2.05) is 24.3 Å². The first kappa shape index (κ1) is 12.9. The molecule has 1 aromatic carbocycles. The molecular weight excluding hydrogens is 278 g/mol. The first-order chi connectivity index (χ1) is 9.22. The number of ketones is 1. The molecule has 0 spiro atoms. The molecule has 0 amide bonds. The van der Waals surface area contributed by atoms with Crippen LogP contribution in [0, 0.1) is 0 Å². The lowest BCUT2D eigenvalue weighted by Gasteiger charge is -2.25. The summed E-state index contributed by atoms with van der Waals surface area (Å²) >= 11 is 7.37. The van der Waals surface area contributed by atoms with E-state index in [9.17, 15) is 4.79 Å². The molecule has 0 aliphatic carbocycles. The summed E-state index contributed by atoms with van der Waals surface area (Å²) in [5, 5.41) is 3.32. The molecule has 0 radical (unpaired) electrons.